The minimum absolute atomic E-state index is 0.157. The molecule has 2 fully saturated rings. The first-order valence-corrected chi connectivity index (χ1v) is 9.36. The number of ether oxygens (including phenoxy) is 2. The SMILES string of the molecule is CC(C)(C)OC(=O)N1CC[C@@H]1[C@]1(O)CCN(C(=O)OCc2ccccc2)C1. The molecule has 0 saturated carbocycles. The standard InChI is InChI=1S/C20H28N2O5/c1-19(2,3)27-18(24)22-11-9-16(22)20(25)10-12-21(14-20)17(23)26-13-15-7-5-4-6-8-15/h4-8,16,25H,9-14H2,1-3H3/t16-,20+/m1/s1. The van der Waals surface area contributed by atoms with Crippen LogP contribution in [0.25, 0.3) is 0 Å². The van der Waals surface area contributed by atoms with Gasteiger partial charge in [-0.25, -0.2) is 9.59 Å². The molecule has 0 unspecified atom stereocenters. The molecule has 2 amide bonds. The van der Waals surface area contributed by atoms with E-state index in [4.69, 9.17) is 9.47 Å². The summed E-state index contributed by atoms with van der Waals surface area (Å²) in [6.45, 7) is 6.76. The van der Waals surface area contributed by atoms with E-state index in [0.717, 1.165) is 5.56 Å². The van der Waals surface area contributed by atoms with Gasteiger partial charge in [-0.05, 0) is 39.2 Å². The van der Waals surface area contributed by atoms with Crippen molar-refractivity contribution in [3.8, 4) is 0 Å². The molecule has 148 valence electrons. The molecule has 1 aromatic rings. The van der Waals surface area contributed by atoms with Crippen molar-refractivity contribution in [3.63, 3.8) is 0 Å². The van der Waals surface area contributed by atoms with E-state index in [2.05, 4.69) is 0 Å². The van der Waals surface area contributed by atoms with Crippen LogP contribution in [0.3, 0.4) is 0 Å². The summed E-state index contributed by atoms with van der Waals surface area (Å²) >= 11 is 0. The van der Waals surface area contributed by atoms with Crippen LogP contribution >= 0.6 is 0 Å². The zero-order valence-electron chi connectivity index (χ0n) is 16.2. The van der Waals surface area contributed by atoms with Crippen molar-refractivity contribution in [2.45, 2.75) is 57.5 Å². The Hall–Kier alpha value is -2.28. The fourth-order valence-corrected chi connectivity index (χ4v) is 3.54. The summed E-state index contributed by atoms with van der Waals surface area (Å²) in [5, 5.41) is 11.0. The molecule has 1 aromatic carbocycles. The van der Waals surface area contributed by atoms with E-state index in [-0.39, 0.29) is 19.2 Å². The number of nitrogens with zero attached hydrogens (tertiary/aromatic N) is 2. The lowest BCUT2D eigenvalue weighted by atomic mass is 9.84. The molecule has 0 aliphatic carbocycles. The second kappa shape index (κ2) is 7.38. The highest BCUT2D eigenvalue weighted by atomic mass is 16.6. The Bertz CT molecular complexity index is 687. The van der Waals surface area contributed by atoms with Gasteiger partial charge in [-0.15, -0.1) is 0 Å². The Balaban J connectivity index is 1.54. The number of carbonyl (C=O) groups excluding carboxylic acids is 2. The molecule has 7 heteroatoms. The molecule has 2 heterocycles. The summed E-state index contributed by atoms with van der Waals surface area (Å²) in [6, 6.07) is 9.13. The zero-order valence-corrected chi connectivity index (χ0v) is 16.2. The summed E-state index contributed by atoms with van der Waals surface area (Å²) in [5.74, 6) is 0. The van der Waals surface area contributed by atoms with Crippen LogP contribution in [0.4, 0.5) is 9.59 Å². The first-order valence-electron chi connectivity index (χ1n) is 9.36. The van der Waals surface area contributed by atoms with E-state index in [1.165, 1.54) is 4.90 Å². The summed E-state index contributed by atoms with van der Waals surface area (Å²) in [4.78, 5) is 27.7. The van der Waals surface area contributed by atoms with Crippen LogP contribution < -0.4 is 0 Å². The molecule has 0 aromatic heterocycles. The summed E-state index contributed by atoms with van der Waals surface area (Å²) in [7, 11) is 0. The molecular weight excluding hydrogens is 348 g/mol. The second-order valence-corrected chi connectivity index (χ2v) is 8.29. The third-order valence-electron chi connectivity index (χ3n) is 5.01. The maximum absolute atomic E-state index is 12.3. The number of hydrogen-bond donors (Lipinski definition) is 1. The predicted molar refractivity (Wildman–Crippen MR) is 99.1 cm³/mol. The van der Waals surface area contributed by atoms with Crippen LogP contribution in [0.2, 0.25) is 0 Å². The molecule has 0 radical (unpaired) electrons. The molecule has 27 heavy (non-hydrogen) atoms. The molecular formula is C20H28N2O5. The Morgan fingerprint density at radius 3 is 2.48 bits per heavy atom. The van der Waals surface area contributed by atoms with Crippen LogP contribution in [0.1, 0.15) is 39.2 Å². The van der Waals surface area contributed by atoms with Crippen molar-refractivity contribution < 1.29 is 24.2 Å². The van der Waals surface area contributed by atoms with Gasteiger partial charge >= 0.3 is 12.2 Å². The number of hydrogen-bond acceptors (Lipinski definition) is 5. The van der Waals surface area contributed by atoms with E-state index >= 15 is 0 Å². The highest BCUT2D eigenvalue weighted by molar-refractivity contribution is 5.70. The lowest BCUT2D eigenvalue weighted by Gasteiger charge is -2.48. The van der Waals surface area contributed by atoms with Crippen LogP contribution in [-0.4, -0.2) is 64.0 Å². The first kappa shape index (κ1) is 19.5. The molecule has 2 aliphatic heterocycles. The van der Waals surface area contributed by atoms with Gasteiger partial charge in [0.05, 0.1) is 12.6 Å². The highest BCUT2D eigenvalue weighted by Gasteiger charge is 2.52. The lowest BCUT2D eigenvalue weighted by Crippen LogP contribution is -2.64. The highest BCUT2D eigenvalue weighted by Crippen LogP contribution is 2.36. The molecule has 3 rings (SSSR count). The monoisotopic (exact) mass is 376 g/mol. The second-order valence-electron chi connectivity index (χ2n) is 8.29. The molecule has 2 saturated heterocycles. The Morgan fingerprint density at radius 2 is 1.89 bits per heavy atom. The molecule has 2 atom stereocenters. The Labute approximate surface area is 159 Å². The quantitative estimate of drug-likeness (QED) is 0.877. The molecule has 1 N–H and O–H groups in total. The normalized spacial score (nSPS) is 25.1. The number of amides is 2. The number of benzene rings is 1. The van der Waals surface area contributed by atoms with Gasteiger partial charge in [0.15, 0.2) is 0 Å². The molecule has 7 nitrogen and oxygen atoms in total. The first-order chi connectivity index (χ1) is 12.7. The fourth-order valence-electron chi connectivity index (χ4n) is 3.54. The third kappa shape index (κ3) is 4.53. The van der Waals surface area contributed by atoms with Crippen LogP contribution in [-0.2, 0) is 16.1 Å². The van der Waals surface area contributed by atoms with Crippen LogP contribution in [0, 0.1) is 0 Å². The summed E-state index contributed by atoms with van der Waals surface area (Å²) in [5.41, 5.74) is -0.792. The summed E-state index contributed by atoms with van der Waals surface area (Å²) in [6.07, 6.45) is 0.246. The van der Waals surface area contributed by atoms with E-state index in [1.54, 1.807) is 4.90 Å². The van der Waals surface area contributed by atoms with Gasteiger partial charge in [0.25, 0.3) is 0 Å². The van der Waals surface area contributed by atoms with Gasteiger partial charge in [-0.1, -0.05) is 30.3 Å². The average molecular weight is 376 g/mol. The number of rotatable bonds is 3. The van der Waals surface area contributed by atoms with Crippen molar-refractivity contribution in [1.82, 2.24) is 9.80 Å². The van der Waals surface area contributed by atoms with Crippen LogP contribution in [0.15, 0.2) is 30.3 Å². The number of β-amino-alcohol motifs (C(OH)–C–C–N with tert-alkyl or cyclic N) is 1. The van der Waals surface area contributed by atoms with E-state index < -0.39 is 23.4 Å². The lowest BCUT2D eigenvalue weighted by molar-refractivity contribution is -0.0874. The minimum atomic E-state index is -1.12. The average Bonchev–Trinajstić information content (AvgIpc) is 2.93. The third-order valence-corrected chi connectivity index (χ3v) is 5.01. The Morgan fingerprint density at radius 1 is 1.19 bits per heavy atom. The number of aliphatic hydroxyl groups is 1. The largest absolute Gasteiger partial charge is 0.445 e. The molecule has 2 aliphatic rings. The number of likely N-dealkylation sites (tertiary alicyclic amines) is 2. The van der Waals surface area contributed by atoms with E-state index in [9.17, 15) is 14.7 Å². The zero-order chi connectivity index (χ0) is 19.7. The summed E-state index contributed by atoms with van der Waals surface area (Å²) < 4.78 is 10.8. The van der Waals surface area contributed by atoms with Crippen molar-refractivity contribution in [3.05, 3.63) is 35.9 Å². The Kier molecular flexibility index (Phi) is 5.33. The van der Waals surface area contributed by atoms with E-state index in [0.29, 0.717) is 25.9 Å². The van der Waals surface area contributed by atoms with Gasteiger partial charge < -0.3 is 24.4 Å². The van der Waals surface area contributed by atoms with E-state index in [1.807, 2.05) is 51.1 Å². The van der Waals surface area contributed by atoms with Gasteiger partial charge in [0, 0.05) is 13.1 Å². The van der Waals surface area contributed by atoms with Crippen LogP contribution in [0.5, 0.6) is 0 Å². The van der Waals surface area contributed by atoms with Gasteiger partial charge in [0.2, 0.25) is 0 Å². The minimum Gasteiger partial charge on any atom is -0.445 e. The van der Waals surface area contributed by atoms with Gasteiger partial charge in [0.1, 0.15) is 17.8 Å². The molecule has 0 spiro atoms. The van der Waals surface area contributed by atoms with Gasteiger partial charge in [-0.2, -0.15) is 0 Å². The smallest absolute Gasteiger partial charge is 0.410 e. The fraction of sp³-hybridized carbons (Fsp3) is 0.600. The van der Waals surface area contributed by atoms with Crippen molar-refractivity contribution >= 4 is 12.2 Å². The molecule has 0 bridgehead atoms. The van der Waals surface area contributed by atoms with Crippen molar-refractivity contribution in [2.24, 2.45) is 0 Å². The maximum Gasteiger partial charge on any atom is 0.410 e. The predicted octanol–water partition coefficient (Wildman–Crippen LogP) is 2.77. The van der Waals surface area contributed by atoms with Crippen molar-refractivity contribution in [1.29, 1.82) is 0 Å². The number of carbonyl (C=O) groups is 2. The van der Waals surface area contributed by atoms with Crippen molar-refractivity contribution in [2.75, 3.05) is 19.6 Å². The van der Waals surface area contributed by atoms with Gasteiger partial charge in [-0.3, -0.25) is 0 Å². The topological polar surface area (TPSA) is 79.3 Å². The maximum atomic E-state index is 12.3.